The van der Waals surface area contributed by atoms with Crippen molar-refractivity contribution >= 4 is 34.6 Å². The number of nitro benzene ring substituents is 1. The maximum absolute atomic E-state index is 13.2. The minimum atomic E-state index is -0.606. The van der Waals surface area contributed by atoms with E-state index < -0.39 is 11.1 Å². The van der Waals surface area contributed by atoms with E-state index in [4.69, 9.17) is 11.6 Å². The predicted octanol–water partition coefficient (Wildman–Crippen LogP) is 5.02. The highest BCUT2D eigenvalue weighted by Gasteiger charge is 2.34. The van der Waals surface area contributed by atoms with Crippen LogP contribution in [0.3, 0.4) is 0 Å². The summed E-state index contributed by atoms with van der Waals surface area (Å²) in [6.45, 7) is 0. The summed E-state index contributed by atoms with van der Waals surface area (Å²) >= 11 is 5.95. The molecule has 1 atom stereocenters. The van der Waals surface area contributed by atoms with Gasteiger partial charge in [0.1, 0.15) is 11.2 Å². The third-order valence-electron chi connectivity index (χ3n) is 4.44. The molecule has 0 fully saturated rings. The summed E-state index contributed by atoms with van der Waals surface area (Å²) in [7, 11) is 0. The number of anilines is 2. The van der Waals surface area contributed by atoms with Crippen molar-refractivity contribution in [2.24, 2.45) is 0 Å². The highest BCUT2D eigenvalue weighted by Crippen LogP contribution is 2.38. The number of benzene rings is 3. The molecule has 1 N–H and O–H groups in total. The molecule has 0 aromatic heterocycles. The number of rotatable bonds is 3. The third kappa shape index (κ3) is 3.00. The number of hydrogen-bond acceptors (Lipinski definition) is 4. The monoisotopic (exact) mass is 379 g/mol. The first-order valence-corrected chi connectivity index (χ1v) is 8.62. The van der Waals surface area contributed by atoms with Gasteiger partial charge in [0.25, 0.3) is 11.6 Å². The van der Waals surface area contributed by atoms with Crippen LogP contribution in [0.4, 0.5) is 17.1 Å². The van der Waals surface area contributed by atoms with Crippen LogP contribution in [0.15, 0.2) is 72.8 Å². The van der Waals surface area contributed by atoms with E-state index in [9.17, 15) is 14.9 Å². The smallest absolute Gasteiger partial charge is 0.288 e. The Kier molecular flexibility index (Phi) is 4.25. The molecule has 3 aromatic carbocycles. The summed E-state index contributed by atoms with van der Waals surface area (Å²) in [6, 6.07) is 20.9. The number of halogens is 1. The van der Waals surface area contributed by atoms with Gasteiger partial charge in [-0.05, 0) is 30.3 Å². The fraction of sp³-hybridized carbons (Fsp3) is 0.0500. The van der Waals surface area contributed by atoms with Crippen molar-refractivity contribution in [3.63, 3.8) is 0 Å². The number of carbonyl (C=O) groups excluding carboxylic acids is 1. The summed E-state index contributed by atoms with van der Waals surface area (Å²) in [6.07, 6.45) is -0.606. The van der Waals surface area contributed by atoms with Gasteiger partial charge in [-0.25, -0.2) is 0 Å². The lowest BCUT2D eigenvalue weighted by molar-refractivity contribution is -0.384. The van der Waals surface area contributed by atoms with Gasteiger partial charge in [0, 0.05) is 23.0 Å². The van der Waals surface area contributed by atoms with Gasteiger partial charge >= 0.3 is 0 Å². The lowest BCUT2D eigenvalue weighted by Crippen LogP contribution is -2.43. The topological polar surface area (TPSA) is 75.5 Å². The minimum Gasteiger partial charge on any atom is -0.360 e. The van der Waals surface area contributed by atoms with Crippen molar-refractivity contribution in [3.05, 3.63) is 99.1 Å². The second-order valence-corrected chi connectivity index (χ2v) is 6.48. The zero-order chi connectivity index (χ0) is 19.0. The number of para-hydroxylation sites is 2. The molecule has 7 heteroatoms. The number of carbonyl (C=O) groups is 1. The number of nitrogens with one attached hydrogen (secondary N) is 1. The first kappa shape index (κ1) is 17.1. The zero-order valence-corrected chi connectivity index (χ0v) is 14.8. The Morgan fingerprint density at radius 2 is 1.70 bits per heavy atom. The second-order valence-electron chi connectivity index (χ2n) is 6.07. The van der Waals surface area contributed by atoms with Gasteiger partial charge in [-0.1, -0.05) is 48.0 Å². The van der Waals surface area contributed by atoms with Crippen molar-refractivity contribution in [3.8, 4) is 0 Å². The Labute approximate surface area is 160 Å². The van der Waals surface area contributed by atoms with E-state index in [-0.39, 0.29) is 16.6 Å². The SMILES string of the molecule is O=C1c2ccccc2N[C@H](c2ccc(Cl)c([N+](=O)[O-])c2)N1c1ccccc1. The van der Waals surface area contributed by atoms with Crippen LogP contribution in [0.2, 0.25) is 5.02 Å². The van der Waals surface area contributed by atoms with Crippen molar-refractivity contribution in [1.82, 2.24) is 0 Å². The fourth-order valence-electron chi connectivity index (χ4n) is 3.18. The van der Waals surface area contributed by atoms with Crippen LogP contribution in [0, 0.1) is 10.1 Å². The molecule has 1 heterocycles. The van der Waals surface area contributed by atoms with Gasteiger partial charge in [0.2, 0.25) is 0 Å². The molecule has 0 saturated heterocycles. The van der Waals surface area contributed by atoms with Gasteiger partial charge in [-0.15, -0.1) is 0 Å². The van der Waals surface area contributed by atoms with Crippen LogP contribution in [0.25, 0.3) is 0 Å². The Morgan fingerprint density at radius 3 is 2.44 bits per heavy atom. The van der Waals surface area contributed by atoms with E-state index >= 15 is 0 Å². The Bertz CT molecular complexity index is 1040. The fourth-order valence-corrected chi connectivity index (χ4v) is 3.37. The quantitative estimate of drug-likeness (QED) is 0.512. The molecular formula is C20H14ClN3O3. The van der Waals surface area contributed by atoms with E-state index in [0.717, 1.165) is 0 Å². The van der Waals surface area contributed by atoms with Gasteiger partial charge in [-0.2, -0.15) is 0 Å². The molecule has 0 aliphatic carbocycles. The van der Waals surface area contributed by atoms with Crippen LogP contribution in [-0.4, -0.2) is 10.8 Å². The standard InChI is InChI=1S/C20H14ClN3O3/c21-16-11-10-13(12-18(16)24(26)27)19-22-17-9-5-4-8-15(17)20(25)23(19)14-6-2-1-3-7-14/h1-12,19,22H/t19-/m0/s1. The molecule has 0 unspecified atom stereocenters. The van der Waals surface area contributed by atoms with Gasteiger partial charge in [-0.3, -0.25) is 19.8 Å². The molecule has 0 radical (unpaired) electrons. The van der Waals surface area contributed by atoms with Crippen LogP contribution in [0.5, 0.6) is 0 Å². The highest BCUT2D eigenvalue weighted by molar-refractivity contribution is 6.32. The average molecular weight is 380 g/mol. The first-order chi connectivity index (χ1) is 13.1. The molecule has 27 heavy (non-hydrogen) atoms. The van der Waals surface area contributed by atoms with Crippen LogP contribution in [-0.2, 0) is 0 Å². The van der Waals surface area contributed by atoms with Crippen LogP contribution >= 0.6 is 11.6 Å². The van der Waals surface area contributed by atoms with E-state index in [1.165, 1.54) is 12.1 Å². The molecule has 4 rings (SSSR count). The second kappa shape index (κ2) is 6.74. The Balaban J connectivity index is 1.88. The lowest BCUT2D eigenvalue weighted by Gasteiger charge is -2.38. The Hall–Kier alpha value is -3.38. The summed E-state index contributed by atoms with van der Waals surface area (Å²) in [5.41, 5.74) is 2.28. The first-order valence-electron chi connectivity index (χ1n) is 8.24. The van der Waals surface area contributed by atoms with Gasteiger partial charge in [0.05, 0.1) is 10.5 Å². The highest BCUT2D eigenvalue weighted by atomic mass is 35.5. The minimum absolute atomic E-state index is 0.0533. The van der Waals surface area contributed by atoms with Crippen molar-refractivity contribution < 1.29 is 9.72 Å². The maximum Gasteiger partial charge on any atom is 0.288 e. The van der Waals surface area contributed by atoms with Crippen molar-refractivity contribution in [2.45, 2.75) is 6.17 Å². The molecule has 0 spiro atoms. The van der Waals surface area contributed by atoms with E-state index in [2.05, 4.69) is 5.32 Å². The molecule has 0 saturated carbocycles. The molecule has 0 bridgehead atoms. The number of nitrogens with zero attached hydrogens (tertiary/aromatic N) is 2. The van der Waals surface area contributed by atoms with Gasteiger partial charge in [0.15, 0.2) is 0 Å². The molecular weight excluding hydrogens is 366 g/mol. The maximum atomic E-state index is 13.2. The normalized spacial score (nSPS) is 15.8. The van der Waals surface area contributed by atoms with Crippen LogP contribution in [0.1, 0.15) is 22.1 Å². The number of hydrogen-bond donors (Lipinski definition) is 1. The van der Waals surface area contributed by atoms with E-state index in [1.54, 1.807) is 23.1 Å². The lowest BCUT2D eigenvalue weighted by atomic mass is 10.0. The molecule has 1 amide bonds. The van der Waals surface area contributed by atoms with E-state index in [0.29, 0.717) is 22.5 Å². The predicted molar refractivity (Wildman–Crippen MR) is 104 cm³/mol. The summed E-state index contributed by atoms with van der Waals surface area (Å²) < 4.78 is 0. The zero-order valence-electron chi connectivity index (χ0n) is 14.0. The Morgan fingerprint density at radius 1 is 1.00 bits per heavy atom. The molecule has 1 aliphatic rings. The van der Waals surface area contributed by atoms with E-state index in [1.807, 2.05) is 42.5 Å². The van der Waals surface area contributed by atoms with Crippen molar-refractivity contribution in [2.75, 3.05) is 10.2 Å². The molecule has 3 aromatic rings. The number of amides is 1. The average Bonchev–Trinajstić information content (AvgIpc) is 2.69. The molecule has 1 aliphatic heterocycles. The number of fused-ring (bicyclic) bond motifs is 1. The summed E-state index contributed by atoms with van der Waals surface area (Å²) in [5, 5.41) is 14.7. The number of nitro groups is 1. The molecule has 134 valence electrons. The third-order valence-corrected chi connectivity index (χ3v) is 4.76. The summed E-state index contributed by atoms with van der Waals surface area (Å²) in [5.74, 6) is -0.182. The van der Waals surface area contributed by atoms with Crippen LogP contribution < -0.4 is 10.2 Å². The van der Waals surface area contributed by atoms with Crippen molar-refractivity contribution in [1.29, 1.82) is 0 Å². The largest absolute Gasteiger partial charge is 0.360 e. The van der Waals surface area contributed by atoms with Gasteiger partial charge < -0.3 is 5.32 Å². The summed E-state index contributed by atoms with van der Waals surface area (Å²) in [4.78, 5) is 25.6. The molecule has 6 nitrogen and oxygen atoms in total.